The molecule has 1 aromatic rings. The van der Waals surface area contributed by atoms with Crippen molar-refractivity contribution in [2.75, 3.05) is 0 Å². The van der Waals surface area contributed by atoms with Crippen LogP contribution >= 0.6 is 0 Å². The Morgan fingerprint density at radius 3 is 2.58 bits per heavy atom. The van der Waals surface area contributed by atoms with Crippen LogP contribution in [-0.2, 0) is 0 Å². The highest BCUT2D eigenvalue weighted by Crippen LogP contribution is 2.47. The summed E-state index contributed by atoms with van der Waals surface area (Å²) >= 11 is 0. The van der Waals surface area contributed by atoms with Gasteiger partial charge < -0.3 is 15.6 Å². The summed E-state index contributed by atoms with van der Waals surface area (Å²) in [6.07, 6.45) is 4.83. The van der Waals surface area contributed by atoms with E-state index in [0.717, 1.165) is 42.6 Å². The number of hydrogen-bond acceptors (Lipinski definition) is 3. The van der Waals surface area contributed by atoms with Crippen molar-refractivity contribution in [3.63, 3.8) is 0 Å². The van der Waals surface area contributed by atoms with Crippen LogP contribution in [0.4, 0.5) is 0 Å². The third-order valence-corrected chi connectivity index (χ3v) is 4.98. The average Bonchev–Trinajstić information content (AvgIpc) is 2.42. The van der Waals surface area contributed by atoms with Gasteiger partial charge in [-0.15, -0.1) is 0 Å². The maximum absolute atomic E-state index is 10.6. The van der Waals surface area contributed by atoms with E-state index < -0.39 is 6.10 Å². The largest absolute Gasteiger partial charge is 0.485 e. The molecule has 1 fully saturated rings. The summed E-state index contributed by atoms with van der Waals surface area (Å²) in [5, 5.41) is 10.6. The minimum Gasteiger partial charge on any atom is -0.485 e. The van der Waals surface area contributed by atoms with Crippen molar-refractivity contribution in [2.24, 2.45) is 5.73 Å². The second kappa shape index (κ2) is 4.50. The van der Waals surface area contributed by atoms with Crippen LogP contribution in [0.3, 0.4) is 0 Å². The second-order valence-electron chi connectivity index (χ2n) is 6.12. The Morgan fingerprint density at radius 2 is 1.89 bits per heavy atom. The Labute approximate surface area is 114 Å². The number of fused-ring (bicyclic) bond motifs is 1. The molecule has 0 saturated heterocycles. The van der Waals surface area contributed by atoms with Gasteiger partial charge in [0.1, 0.15) is 17.5 Å². The SMILES string of the molecule is Cc1ccc2c(c1C)OC1(CCCCC1)C(N)C2O. The number of nitrogens with two attached hydrogens (primary N) is 1. The molecule has 3 N–H and O–H groups in total. The van der Waals surface area contributed by atoms with Crippen LogP contribution in [0.15, 0.2) is 12.1 Å². The number of ether oxygens (including phenoxy) is 1. The molecule has 1 spiro atoms. The zero-order chi connectivity index (χ0) is 13.6. The van der Waals surface area contributed by atoms with Gasteiger partial charge in [-0.1, -0.05) is 18.6 Å². The second-order valence-corrected chi connectivity index (χ2v) is 6.12. The number of aliphatic hydroxyl groups excluding tert-OH is 1. The molecule has 1 aliphatic carbocycles. The molecule has 3 nitrogen and oxygen atoms in total. The van der Waals surface area contributed by atoms with Gasteiger partial charge in [-0.2, -0.15) is 0 Å². The first-order valence-electron chi connectivity index (χ1n) is 7.28. The Kier molecular flexibility index (Phi) is 3.06. The minimum absolute atomic E-state index is 0.317. The molecular weight excluding hydrogens is 238 g/mol. The van der Waals surface area contributed by atoms with E-state index >= 15 is 0 Å². The number of hydrogen-bond donors (Lipinski definition) is 2. The summed E-state index contributed by atoms with van der Waals surface area (Å²) in [5.41, 5.74) is 9.15. The zero-order valence-electron chi connectivity index (χ0n) is 11.8. The lowest BCUT2D eigenvalue weighted by Crippen LogP contribution is -2.58. The van der Waals surface area contributed by atoms with E-state index in [0.29, 0.717) is 0 Å². The fourth-order valence-electron chi connectivity index (χ4n) is 3.52. The molecule has 2 aliphatic rings. The average molecular weight is 261 g/mol. The third-order valence-electron chi connectivity index (χ3n) is 4.98. The van der Waals surface area contributed by atoms with Crippen molar-refractivity contribution in [2.45, 2.75) is 63.7 Å². The number of benzene rings is 1. The smallest absolute Gasteiger partial charge is 0.129 e. The maximum atomic E-state index is 10.6. The molecule has 1 heterocycles. The lowest BCUT2D eigenvalue weighted by Gasteiger charge is -2.48. The Morgan fingerprint density at radius 1 is 1.21 bits per heavy atom. The Hall–Kier alpha value is -1.06. The van der Waals surface area contributed by atoms with E-state index in [1.165, 1.54) is 12.0 Å². The van der Waals surface area contributed by atoms with E-state index in [2.05, 4.69) is 13.8 Å². The van der Waals surface area contributed by atoms with Gasteiger partial charge in [0.2, 0.25) is 0 Å². The first-order chi connectivity index (χ1) is 9.05. The van der Waals surface area contributed by atoms with Crippen molar-refractivity contribution in [3.05, 3.63) is 28.8 Å². The predicted octanol–water partition coefficient (Wildman–Crippen LogP) is 2.76. The van der Waals surface area contributed by atoms with Gasteiger partial charge in [-0.05, 0) is 50.7 Å². The highest BCUT2D eigenvalue weighted by molar-refractivity contribution is 5.49. The Balaban J connectivity index is 2.08. The highest BCUT2D eigenvalue weighted by atomic mass is 16.5. The van der Waals surface area contributed by atoms with Crippen LogP contribution in [0.1, 0.15) is 54.9 Å². The van der Waals surface area contributed by atoms with Crippen molar-refractivity contribution in [1.82, 2.24) is 0 Å². The molecule has 104 valence electrons. The molecule has 0 amide bonds. The normalized spacial score (nSPS) is 28.8. The summed E-state index contributed by atoms with van der Waals surface area (Å²) < 4.78 is 6.37. The molecule has 3 rings (SSSR count). The van der Waals surface area contributed by atoms with Gasteiger partial charge in [-0.25, -0.2) is 0 Å². The molecule has 1 saturated carbocycles. The molecule has 19 heavy (non-hydrogen) atoms. The van der Waals surface area contributed by atoms with E-state index in [4.69, 9.17) is 10.5 Å². The molecule has 1 aliphatic heterocycles. The zero-order valence-corrected chi connectivity index (χ0v) is 11.8. The first-order valence-corrected chi connectivity index (χ1v) is 7.28. The molecule has 2 atom stereocenters. The Bertz CT molecular complexity index is 492. The molecule has 0 radical (unpaired) electrons. The van der Waals surface area contributed by atoms with E-state index in [1.54, 1.807) is 0 Å². The molecule has 3 heteroatoms. The summed E-state index contributed by atoms with van der Waals surface area (Å²) in [4.78, 5) is 0. The van der Waals surface area contributed by atoms with Crippen LogP contribution in [0.25, 0.3) is 0 Å². The van der Waals surface area contributed by atoms with Crippen LogP contribution in [0.5, 0.6) is 5.75 Å². The number of aryl methyl sites for hydroxylation is 1. The van der Waals surface area contributed by atoms with Gasteiger partial charge in [0.15, 0.2) is 0 Å². The van der Waals surface area contributed by atoms with Gasteiger partial charge in [0.25, 0.3) is 0 Å². The fourth-order valence-corrected chi connectivity index (χ4v) is 3.52. The first kappa shape index (κ1) is 12.9. The van der Waals surface area contributed by atoms with Crippen molar-refractivity contribution in [1.29, 1.82) is 0 Å². The van der Waals surface area contributed by atoms with Gasteiger partial charge >= 0.3 is 0 Å². The third kappa shape index (κ3) is 1.87. The summed E-state index contributed by atoms with van der Waals surface area (Å²) in [6, 6.07) is 3.67. The van der Waals surface area contributed by atoms with Crippen molar-refractivity contribution in [3.8, 4) is 5.75 Å². The monoisotopic (exact) mass is 261 g/mol. The quantitative estimate of drug-likeness (QED) is 0.755. The van der Waals surface area contributed by atoms with E-state index in [9.17, 15) is 5.11 Å². The van der Waals surface area contributed by atoms with E-state index in [-0.39, 0.29) is 11.6 Å². The highest BCUT2D eigenvalue weighted by Gasteiger charge is 2.48. The molecule has 2 unspecified atom stereocenters. The summed E-state index contributed by atoms with van der Waals surface area (Å²) in [5.74, 6) is 0.871. The van der Waals surface area contributed by atoms with Gasteiger partial charge in [0, 0.05) is 5.56 Å². The molecule has 0 aromatic heterocycles. The fraction of sp³-hybridized carbons (Fsp3) is 0.625. The number of aliphatic hydroxyl groups is 1. The van der Waals surface area contributed by atoms with Gasteiger partial charge in [0.05, 0.1) is 6.04 Å². The minimum atomic E-state index is -0.610. The van der Waals surface area contributed by atoms with Crippen LogP contribution in [-0.4, -0.2) is 16.7 Å². The topological polar surface area (TPSA) is 55.5 Å². The maximum Gasteiger partial charge on any atom is 0.129 e. The molecular formula is C16H23NO2. The van der Waals surface area contributed by atoms with Crippen LogP contribution in [0.2, 0.25) is 0 Å². The number of rotatable bonds is 0. The molecule has 1 aromatic carbocycles. The molecule has 0 bridgehead atoms. The van der Waals surface area contributed by atoms with E-state index in [1.807, 2.05) is 12.1 Å². The lowest BCUT2D eigenvalue weighted by molar-refractivity contribution is -0.0587. The predicted molar refractivity (Wildman–Crippen MR) is 75.3 cm³/mol. The van der Waals surface area contributed by atoms with Gasteiger partial charge in [-0.3, -0.25) is 0 Å². The summed E-state index contributed by atoms with van der Waals surface area (Å²) in [7, 11) is 0. The van der Waals surface area contributed by atoms with Crippen molar-refractivity contribution < 1.29 is 9.84 Å². The van der Waals surface area contributed by atoms with Crippen LogP contribution < -0.4 is 10.5 Å². The lowest BCUT2D eigenvalue weighted by atomic mass is 9.74. The van der Waals surface area contributed by atoms with Crippen LogP contribution in [0, 0.1) is 13.8 Å². The van der Waals surface area contributed by atoms with Crippen molar-refractivity contribution >= 4 is 0 Å². The summed E-state index contributed by atoms with van der Waals surface area (Å²) in [6.45, 7) is 4.14. The standard InChI is InChI=1S/C16H23NO2/c1-10-6-7-12-13(18)15(17)16(8-4-3-5-9-16)19-14(12)11(10)2/h6-7,13,15,18H,3-5,8-9,17H2,1-2H3.